The topological polar surface area (TPSA) is 77.8 Å². The Morgan fingerprint density at radius 2 is 2.00 bits per heavy atom. The lowest BCUT2D eigenvalue weighted by molar-refractivity contribution is 0.229. The highest BCUT2D eigenvalue weighted by Crippen LogP contribution is 2.37. The van der Waals surface area contributed by atoms with E-state index < -0.39 is 0 Å². The van der Waals surface area contributed by atoms with Crippen LogP contribution in [0.15, 0.2) is 29.0 Å². The number of hydrogen-bond donors (Lipinski definition) is 1. The molecule has 2 aromatic heterocycles. The van der Waals surface area contributed by atoms with E-state index in [9.17, 15) is 0 Å². The molecule has 2 heterocycles. The van der Waals surface area contributed by atoms with E-state index in [1.807, 2.05) is 12.1 Å². The molecule has 0 aromatic carbocycles. The van der Waals surface area contributed by atoms with Crippen LogP contribution in [0.4, 0.5) is 0 Å². The zero-order valence-electron chi connectivity index (χ0n) is 11.0. The van der Waals surface area contributed by atoms with Crippen LogP contribution in [0.2, 0.25) is 0 Å². The lowest BCUT2D eigenvalue weighted by Gasteiger charge is -2.34. The van der Waals surface area contributed by atoms with Gasteiger partial charge in [0.1, 0.15) is 0 Å². The standard InChI is InChI=1S/C13H16N4OS.ClH/c14-13(4-1-5-13)12-16-11(18-17-12)9-19-8-10-2-6-15-7-3-10;/h2-3,6-7H,1,4-5,8-9,14H2;1H. The molecule has 0 amide bonds. The predicted molar refractivity (Wildman–Crippen MR) is 80.5 cm³/mol. The summed E-state index contributed by atoms with van der Waals surface area (Å²) in [7, 11) is 0. The molecule has 0 bridgehead atoms. The maximum absolute atomic E-state index is 6.16. The molecular formula is C13H17ClN4OS. The third kappa shape index (κ3) is 3.31. The van der Waals surface area contributed by atoms with Crippen molar-refractivity contribution >= 4 is 24.2 Å². The lowest BCUT2D eigenvalue weighted by atomic mass is 9.77. The molecule has 0 aliphatic heterocycles. The molecule has 3 rings (SSSR count). The van der Waals surface area contributed by atoms with Gasteiger partial charge in [0.05, 0.1) is 11.3 Å². The van der Waals surface area contributed by atoms with Crippen molar-refractivity contribution < 1.29 is 4.52 Å². The van der Waals surface area contributed by atoms with Gasteiger partial charge in [-0.2, -0.15) is 4.98 Å². The molecule has 1 aliphatic carbocycles. The first-order valence-electron chi connectivity index (χ1n) is 6.35. The Morgan fingerprint density at radius 3 is 2.65 bits per heavy atom. The van der Waals surface area contributed by atoms with E-state index in [0.29, 0.717) is 17.5 Å². The molecule has 5 nitrogen and oxygen atoms in total. The highest BCUT2D eigenvalue weighted by atomic mass is 35.5. The van der Waals surface area contributed by atoms with Gasteiger partial charge in [-0.1, -0.05) is 5.16 Å². The van der Waals surface area contributed by atoms with Crippen LogP contribution >= 0.6 is 24.2 Å². The zero-order chi connectivity index (χ0) is 13.1. The summed E-state index contributed by atoms with van der Waals surface area (Å²) in [6.45, 7) is 0. The van der Waals surface area contributed by atoms with E-state index in [1.54, 1.807) is 24.2 Å². The molecule has 0 spiro atoms. The second-order valence-electron chi connectivity index (χ2n) is 4.87. The van der Waals surface area contributed by atoms with Crippen molar-refractivity contribution in [3.63, 3.8) is 0 Å². The normalized spacial score (nSPS) is 16.2. The van der Waals surface area contributed by atoms with Gasteiger partial charge in [0, 0.05) is 18.1 Å². The first-order valence-corrected chi connectivity index (χ1v) is 7.50. The number of hydrogen-bond acceptors (Lipinski definition) is 6. The molecule has 7 heteroatoms. The number of thioether (sulfide) groups is 1. The van der Waals surface area contributed by atoms with Crippen molar-refractivity contribution in [1.29, 1.82) is 0 Å². The summed E-state index contributed by atoms with van der Waals surface area (Å²) < 4.78 is 5.25. The van der Waals surface area contributed by atoms with Crippen LogP contribution in [0.25, 0.3) is 0 Å². The second-order valence-corrected chi connectivity index (χ2v) is 5.86. The van der Waals surface area contributed by atoms with E-state index in [4.69, 9.17) is 10.3 Å². The van der Waals surface area contributed by atoms with Crippen molar-refractivity contribution in [2.75, 3.05) is 0 Å². The van der Waals surface area contributed by atoms with Crippen LogP contribution < -0.4 is 5.73 Å². The Kier molecular flexibility index (Phi) is 5.01. The Morgan fingerprint density at radius 1 is 1.25 bits per heavy atom. The molecule has 2 aromatic rings. The quantitative estimate of drug-likeness (QED) is 0.914. The zero-order valence-corrected chi connectivity index (χ0v) is 12.6. The van der Waals surface area contributed by atoms with Crippen LogP contribution in [0, 0.1) is 0 Å². The number of nitrogens with zero attached hydrogens (tertiary/aromatic N) is 3. The lowest BCUT2D eigenvalue weighted by Crippen LogP contribution is -2.44. The van der Waals surface area contributed by atoms with E-state index in [1.165, 1.54) is 5.56 Å². The average Bonchev–Trinajstić information content (AvgIpc) is 2.86. The highest BCUT2D eigenvalue weighted by molar-refractivity contribution is 7.97. The summed E-state index contributed by atoms with van der Waals surface area (Å²) in [6.07, 6.45) is 6.66. The summed E-state index contributed by atoms with van der Waals surface area (Å²) in [6, 6.07) is 4.02. The van der Waals surface area contributed by atoms with Gasteiger partial charge in [-0.15, -0.1) is 24.2 Å². The summed E-state index contributed by atoms with van der Waals surface area (Å²) in [5, 5.41) is 4.00. The number of halogens is 1. The van der Waals surface area contributed by atoms with Crippen molar-refractivity contribution in [3.8, 4) is 0 Å². The molecule has 2 N–H and O–H groups in total. The number of rotatable bonds is 5. The molecule has 0 unspecified atom stereocenters. The Bertz CT molecular complexity index is 544. The van der Waals surface area contributed by atoms with Gasteiger partial charge in [-0.05, 0) is 37.0 Å². The first kappa shape index (κ1) is 15.3. The van der Waals surface area contributed by atoms with E-state index >= 15 is 0 Å². The third-order valence-corrected chi connectivity index (χ3v) is 4.39. The van der Waals surface area contributed by atoms with E-state index in [-0.39, 0.29) is 17.9 Å². The first-order chi connectivity index (χ1) is 9.26. The Balaban J connectivity index is 0.00000147. The highest BCUT2D eigenvalue weighted by Gasteiger charge is 2.38. The minimum Gasteiger partial charge on any atom is -0.338 e. The molecule has 0 atom stereocenters. The number of nitrogens with two attached hydrogens (primary N) is 1. The molecule has 20 heavy (non-hydrogen) atoms. The van der Waals surface area contributed by atoms with Crippen LogP contribution in [0.3, 0.4) is 0 Å². The van der Waals surface area contributed by atoms with Crippen molar-refractivity contribution in [1.82, 2.24) is 15.1 Å². The monoisotopic (exact) mass is 312 g/mol. The Hall–Kier alpha value is -1.11. The minimum atomic E-state index is -0.336. The fraction of sp³-hybridized carbons (Fsp3) is 0.462. The van der Waals surface area contributed by atoms with Gasteiger partial charge in [-0.3, -0.25) is 4.98 Å². The summed E-state index contributed by atoms with van der Waals surface area (Å²) in [5.74, 6) is 2.95. The van der Waals surface area contributed by atoms with Crippen LogP contribution in [0.5, 0.6) is 0 Å². The van der Waals surface area contributed by atoms with Crippen molar-refractivity contribution in [3.05, 3.63) is 41.8 Å². The van der Waals surface area contributed by atoms with Gasteiger partial charge in [-0.25, -0.2) is 0 Å². The van der Waals surface area contributed by atoms with Crippen molar-refractivity contribution in [2.24, 2.45) is 5.73 Å². The third-order valence-electron chi connectivity index (χ3n) is 3.40. The van der Waals surface area contributed by atoms with Crippen molar-refractivity contribution in [2.45, 2.75) is 36.3 Å². The smallest absolute Gasteiger partial charge is 0.236 e. The predicted octanol–water partition coefficient (Wildman–Crippen LogP) is 2.66. The second kappa shape index (κ2) is 6.56. The van der Waals surface area contributed by atoms with Gasteiger partial charge in [0.25, 0.3) is 0 Å². The van der Waals surface area contributed by atoms with Gasteiger partial charge in [0.2, 0.25) is 5.89 Å². The molecular weight excluding hydrogens is 296 g/mol. The summed E-state index contributed by atoms with van der Waals surface area (Å²) in [5.41, 5.74) is 7.07. The Labute approximate surface area is 128 Å². The number of pyridine rings is 1. The molecule has 1 aliphatic rings. The van der Waals surface area contributed by atoms with Gasteiger partial charge >= 0.3 is 0 Å². The number of aromatic nitrogens is 3. The molecule has 108 valence electrons. The molecule has 1 fully saturated rings. The summed E-state index contributed by atoms with van der Waals surface area (Å²) >= 11 is 1.74. The fourth-order valence-electron chi connectivity index (χ4n) is 2.03. The SMILES string of the molecule is Cl.NC1(c2noc(CSCc3ccncc3)n2)CCC1. The van der Waals surface area contributed by atoms with E-state index in [0.717, 1.165) is 25.0 Å². The summed E-state index contributed by atoms with van der Waals surface area (Å²) in [4.78, 5) is 8.39. The van der Waals surface area contributed by atoms with Gasteiger partial charge in [0.15, 0.2) is 5.82 Å². The average molecular weight is 313 g/mol. The maximum Gasteiger partial charge on any atom is 0.236 e. The van der Waals surface area contributed by atoms with Gasteiger partial charge < -0.3 is 10.3 Å². The van der Waals surface area contributed by atoms with E-state index in [2.05, 4.69) is 15.1 Å². The van der Waals surface area contributed by atoms with Crippen LogP contribution in [-0.4, -0.2) is 15.1 Å². The fourth-order valence-corrected chi connectivity index (χ4v) is 2.85. The van der Waals surface area contributed by atoms with Crippen LogP contribution in [-0.2, 0) is 17.0 Å². The van der Waals surface area contributed by atoms with Crippen LogP contribution in [0.1, 0.15) is 36.5 Å². The molecule has 1 saturated carbocycles. The minimum absolute atomic E-state index is 0. The largest absolute Gasteiger partial charge is 0.338 e. The molecule has 0 saturated heterocycles. The molecule has 0 radical (unpaired) electrons. The maximum atomic E-state index is 6.16.